The SMILES string of the molecule is C[C@H](NC(=O)C(C)(C)N1CCOCC1)c1nncn1C. The van der Waals surface area contributed by atoms with Crippen molar-refractivity contribution >= 4 is 5.91 Å². The van der Waals surface area contributed by atoms with Crippen LogP contribution in [0.2, 0.25) is 0 Å². The third-order valence-corrected chi connectivity index (χ3v) is 3.84. The van der Waals surface area contributed by atoms with Crippen molar-refractivity contribution in [1.29, 1.82) is 0 Å². The third-order valence-electron chi connectivity index (χ3n) is 3.84. The molecule has 1 atom stereocenters. The standard InChI is InChI=1S/C13H23N5O2/c1-10(11-16-14-9-17(11)4)15-12(19)13(2,3)18-5-7-20-8-6-18/h9-10H,5-8H2,1-4H3,(H,15,19)/t10-/m0/s1. The number of amides is 1. The maximum absolute atomic E-state index is 12.5. The van der Waals surface area contributed by atoms with Gasteiger partial charge in [0.05, 0.1) is 24.8 Å². The molecule has 7 heteroatoms. The maximum Gasteiger partial charge on any atom is 0.240 e. The molecule has 2 heterocycles. The second-order valence-electron chi connectivity index (χ2n) is 5.65. The minimum atomic E-state index is -0.559. The van der Waals surface area contributed by atoms with E-state index < -0.39 is 5.54 Å². The molecule has 0 spiro atoms. The van der Waals surface area contributed by atoms with Gasteiger partial charge in [-0.2, -0.15) is 0 Å². The van der Waals surface area contributed by atoms with Crippen LogP contribution in [0.1, 0.15) is 32.6 Å². The first kappa shape index (κ1) is 14.9. The summed E-state index contributed by atoms with van der Waals surface area (Å²) < 4.78 is 7.15. The van der Waals surface area contributed by atoms with Crippen LogP contribution in [0.5, 0.6) is 0 Å². The van der Waals surface area contributed by atoms with Crippen LogP contribution in [0.15, 0.2) is 6.33 Å². The minimum Gasteiger partial charge on any atom is -0.379 e. The molecule has 1 fully saturated rings. The van der Waals surface area contributed by atoms with Gasteiger partial charge in [0.2, 0.25) is 5.91 Å². The molecule has 1 aliphatic heterocycles. The Labute approximate surface area is 119 Å². The van der Waals surface area contributed by atoms with Gasteiger partial charge in [-0.15, -0.1) is 10.2 Å². The van der Waals surface area contributed by atoms with Gasteiger partial charge in [-0.25, -0.2) is 0 Å². The van der Waals surface area contributed by atoms with Crippen LogP contribution >= 0.6 is 0 Å². The lowest BCUT2D eigenvalue weighted by atomic mass is 10.0. The summed E-state index contributed by atoms with van der Waals surface area (Å²) in [4.78, 5) is 14.7. The number of rotatable bonds is 4. The molecule has 0 aliphatic carbocycles. The Hall–Kier alpha value is -1.47. The number of nitrogens with one attached hydrogen (secondary N) is 1. The fourth-order valence-electron chi connectivity index (χ4n) is 2.39. The number of nitrogens with zero attached hydrogens (tertiary/aromatic N) is 4. The van der Waals surface area contributed by atoms with Gasteiger partial charge in [0.15, 0.2) is 5.82 Å². The van der Waals surface area contributed by atoms with E-state index in [0.29, 0.717) is 13.2 Å². The van der Waals surface area contributed by atoms with E-state index in [9.17, 15) is 4.79 Å². The Balaban J connectivity index is 2.01. The predicted octanol–water partition coefficient (Wildman–Crippen LogP) is 0.103. The molecule has 1 N–H and O–H groups in total. The number of carbonyl (C=O) groups is 1. The zero-order valence-corrected chi connectivity index (χ0v) is 12.6. The first-order valence-corrected chi connectivity index (χ1v) is 6.90. The normalized spacial score (nSPS) is 18.8. The van der Waals surface area contributed by atoms with Crippen LogP contribution < -0.4 is 5.32 Å². The third kappa shape index (κ3) is 2.99. The van der Waals surface area contributed by atoms with E-state index in [1.807, 2.05) is 32.4 Å². The summed E-state index contributed by atoms with van der Waals surface area (Å²) in [5.41, 5.74) is -0.559. The lowest BCUT2D eigenvalue weighted by molar-refractivity contribution is -0.135. The number of hydrogen-bond donors (Lipinski definition) is 1. The van der Waals surface area contributed by atoms with Gasteiger partial charge in [0.1, 0.15) is 6.33 Å². The molecule has 1 amide bonds. The monoisotopic (exact) mass is 281 g/mol. The molecule has 112 valence electrons. The molecule has 0 unspecified atom stereocenters. The molecule has 20 heavy (non-hydrogen) atoms. The summed E-state index contributed by atoms with van der Waals surface area (Å²) in [6, 6.07) is -0.171. The highest BCUT2D eigenvalue weighted by atomic mass is 16.5. The zero-order chi connectivity index (χ0) is 14.8. The highest BCUT2D eigenvalue weighted by Gasteiger charge is 2.36. The number of hydrogen-bond acceptors (Lipinski definition) is 5. The molecule has 1 aliphatic rings. The summed E-state index contributed by atoms with van der Waals surface area (Å²) in [7, 11) is 1.87. The van der Waals surface area contributed by atoms with Crippen LogP contribution in [0.3, 0.4) is 0 Å². The number of morpholine rings is 1. The average molecular weight is 281 g/mol. The van der Waals surface area contributed by atoms with Gasteiger partial charge in [-0.05, 0) is 20.8 Å². The van der Waals surface area contributed by atoms with Crippen LogP contribution in [-0.4, -0.2) is 57.4 Å². The summed E-state index contributed by atoms with van der Waals surface area (Å²) in [5, 5.41) is 10.9. The van der Waals surface area contributed by atoms with Crippen LogP contribution in [0.25, 0.3) is 0 Å². The van der Waals surface area contributed by atoms with E-state index in [-0.39, 0.29) is 11.9 Å². The van der Waals surface area contributed by atoms with E-state index in [4.69, 9.17) is 4.74 Å². The number of aryl methyl sites for hydroxylation is 1. The molecule has 0 radical (unpaired) electrons. The summed E-state index contributed by atoms with van der Waals surface area (Å²) in [6.07, 6.45) is 1.63. The van der Waals surface area contributed by atoms with E-state index in [1.165, 1.54) is 0 Å². The Morgan fingerprint density at radius 2 is 2.10 bits per heavy atom. The first-order chi connectivity index (χ1) is 9.43. The molecule has 0 bridgehead atoms. The van der Waals surface area contributed by atoms with Crippen molar-refractivity contribution in [2.75, 3.05) is 26.3 Å². The molecule has 0 saturated carbocycles. The quantitative estimate of drug-likeness (QED) is 0.847. The van der Waals surface area contributed by atoms with Gasteiger partial charge < -0.3 is 14.6 Å². The van der Waals surface area contributed by atoms with Crippen molar-refractivity contribution in [3.63, 3.8) is 0 Å². The Morgan fingerprint density at radius 1 is 1.45 bits per heavy atom. The maximum atomic E-state index is 12.5. The van der Waals surface area contributed by atoms with Crippen molar-refractivity contribution in [3.8, 4) is 0 Å². The molecule has 7 nitrogen and oxygen atoms in total. The van der Waals surface area contributed by atoms with Crippen LogP contribution in [0.4, 0.5) is 0 Å². The van der Waals surface area contributed by atoms with E-state index in [0.717, 1.165) is 18.9 Å². The molecule has 1 aromatic rings. The number of ether oxygens (including phenoxy) is 1. The molecular formula is C13H23N5O2. The van der Waals surface area contributed by atoms with E-state index in [1.54, 1.807) is 6.33 Å². The van der Waals surface area contributed by atoms with E-state index >= 15 is 0 Å². The first-order valence-electron chi connectivity index (χ1n) is 6.90. The van der Waals surface area contributed by atoms with Crippen molar-refractivity contribution in [1.82, 2.24) is 25.0 Å². The number of carbonyl (C=O) groups excluding carboxylic acids is 1. The van der Waals surface area contributed by atoms with Crippen LogP contribution in [-0.2, 0) is 16.6 Å². The fourth-order valence-corrected chi connectivity index (χ4v) is 2.39. The second-order valence-corrected chi connectivity index (χ2v) is 5.65. The predicted molar refractivity (Wildman–Crippen MR) is 74.0 cm³/mol. The molecule has 2 rings (SSSR count). The lowest BCUT2D eigenvalue weighted by Crippen LogP contribution is -2.58. The van der Waals surface area contributed by atoms with Crippen molar-refractivity contribution in [3.05, 3.63) is 12.2 Å². The highest BCUT2D eigenvalue weighted by Crippen LogP contribution is 2.18. The van der Waals surface area contributed by atoms with Gasteiger partial charge in [0.25, 0.3) is 0 Å². The molecule has 0 aromatic carbocycles. The minimum absolute atomic E-state index is 0.00472. The lowest BCUT2D eigenvalue weighted by Gasteiger charge is -2.39. The molecule has 1 aromatic heterocycles. The summed E-state index contributed by atoms with van der Waals surface area (Å²) in [5.74, 6) is 0.742. The smallest absolute Gasteiger partial charge is 0.240 e. The molecular weight excluding hydrogens is 258 g/mol. The molecule has 1 saturated heterocycles. The van der Waals surface area contributed by atoms with Gasteiger partial charge in [-0.1, -0.05) is 0 Å². The van der Waals surface area contributed by atoms with Gasteiger partial charge in [-0.3, -0.25) is 9.69 Å². The Kier molecular flexibility index (Phi) is 4.39. The van der Waals surface area contributed by atoms with E-state index in [2.05, 4.69) is 20.4 Å². The van der Waals surface area contributed by atoms with Crippen molar-refractivity contribution in [2.45, 2.75) is 32.4 Å². The van der Waals surface area contributed by atoms with Crippen molar-refractivity contribution < 1.29 is 9.53 Å². The second kappa shape index (κ2) is 5.88. The van der Waals surface area contributed by atoms with Crippen LogP contribution in [0, 0.1) is 0 Å². The highest BCUT2D eigenvalue weighted by molar-refractivity contribution is 5.85. The zero-order valence-electron chi connectivity index (χ0n) is 12.6. The average Bonchev–Trinajstić information content (AvgIpc) is 2.86. The van der Waals surface area contributed by atoms with Gasteiger partial charge in [0, 0.05) is 20.1 Å². The summed E-state index contributed by atoms with van der Waals surface area (Å²) >= 11 is 0. The van der Waals surface area contributed by atoms with Gasteiger partial charge >= 0.3 is 0 Å². The Morgan fingerprint density at radius 3 is 2.65 bits per heavy atom. The summed E-state index contributed by atoms with van der Waals surface area (Å²) in [6.45, 7) is 8.70. The Bertz CT molecular complexity index is 465. The number of aromatic nitrogens is 3. The topological polar surface area (TPSA) is 72.3 Å². The fraction of sp³-hybridized carbons (Fsp3) is 0.769. The van der Waals surface area contributed by atoms with Crippen molar-refractivity contribution in [2.24, 2.45) is 7.05 Å². The largest absolute Gasteiger partial charge is 0.379 e.